The lowest BCUT2D eigenvalue weighted by atomic mass is 10.2. The fourth-order valence-corrected chi connectivity index (χ4v) is 2.97. The number of hydrogen-bond donors (Lipinski definition) is 1. The van der Waals surface area contributed by atoms with Crippen molar-refractivity contribution in [3.63, 3.8) is 0 Å². The summed E-state index contributed by atoms with van der Waals surface area (Å²) >= 11 is 3.14. The van der Waals surface area contributed by atoms with Crippen LogP contribution in [0, 0.1) is 0 Å². The van der Waals surface area contributed by atoms with Crippen molar-refractivity contribution in [1.29, 1.82) is 0 Å². The maximum atomic E-state index is 9.43. The Hall–Kier alpha value is -1.72. The Balaban J connectivity index is 2.01. The van der Waals surface area contributed by atoms with Gasteiger partial charge in [0.15, 0.2) is 0 Å². The van der Waals surface area contributed by atoms with Crippen LogP contribution in [0.4, 0.5) is 0 Å². The van der Waals surface area contributed by atoms with Gasteiger partial charge >= 0.3 is 0 Å². The zero-order chi connectivity index (χ0) is 11.7. The molecule has 0 unspecified atom stereocenters. The van der Waals surface area contributed by atoms with Crippen molar-refractivity contribution in [2.45, 2.75) is 0 Å². The minimum atomic E-state index is 0.261. The highest BCUT2D eigenvalue weighted by atomic mass is 32.1. The topological polar surface area (TPSA) is 46.0 Å². The first-order valence-electron chi connectivity index (χ1n) is 4.97. The van der Waals surface area contributed by atoms with Gasteiger partial charge in [-0.15, -0.1) is 22.7 Å². The summed E-state index contributed by atoms with van der Waals surface area (Å²) in [6, 6.07) is 7.13. The molecular weight excluding hydrogens is 252 g/mol. The molecule has 1 N–H and O–H groups in total. The molecule has 0 atom stereocenters. The lowest BCUT2D eigenvalue weighted by molar-refractivity contribution is 0.475. The van der Waals surface area contributed by atoms with Gasteiger partial charge in [-0.05, 0) is 12.1 Å². The highest BCUT2D eigenvalue weighted by molar-refractivity contribution is 7.15. The molecule has 5 heteroatoms. The monoisotopic (exact) mass is 260 g/mol. The van der Waals surface area contributed by atoms with Gasteiger partial charge in [0.1, 0.15) is 10.8 Å². The Morgan fingerprint density at radius 3 is 2.88 bits per heavy atom. The van der Waals surface area contributed by atoms with Crippen molar-refractivity contribution in [2.24, 2.45) is 0 Å². The van der Waals surface area contributed by atoms with Gasteiger partial charge in [0.25, 0.3) is 0 Å². The van der Waals surface area contributed by atoms with Crippen LogP contribution in [0.25, 0.3) is 21.1 Å². The van der Waals surface area contributed by atoms with Gasteiger partial charge in [-0.2, -0.15) is 0 Å². The number of phenolic OH excluding ortho intramolecular Hbond substituents is 1. The van der Waals surface area contributed by atoms with Gasteiger partial charge in [0, 0.05) is 17.1 Å². The standard InChI is InChI=1S/C12H8N2OS2/c15-9-3-1-2-8(4-9)12-14-10(6-16-12)11-5-13-7-17-11/h1-7,15H. The van der Waals surface area contributed by atoms with Crippen molar-refractivity contribution in [1.82, 2.24) is 9.97 Å². The van der Waals surface area contributed by atoms with E-state index in [1.54, 1.807) is 40.3 Å². The summed E-state index contributed by atoms with van der Waals surface area (Å²) in [6.07, 6.45) is 1.81. The molecule has 0 saturated carbocycles. The van der Waals surface area contributed by atoms with Gasteiger partial charge in [-0.3, -0.25) is 4.98 Å². The third kappa shape index (κ3) is 2.07. The molecule has 0 fully saturated rings. The average Bonchev–Trinajstić information content (AvgIpc) is 3.00. The first kappa shape index (κ1) is 10.4. The molecule has 0 aliphatic carbocycles. The zero-order valence-corrected chi connectivity index (χ0v) is 10.3. The van der Waals surface area contributed by atoms with Crippen molar-refractivity contribution in [3.05, 3.63) is 41.4 Å². The summed E-state index contributed by atoms with van der Waals surface area (Å²) in [4.78, 5) is 9.64. The van der Waals surface area contributed by atoms with E-state index in [0.717, 1.165) is 21.1 Å². The van der Waals surface area contributed by atoms with E-state index in [1.165, 1.54) is 0 Å². The van der Waals surface area contributed by atoms with Crippen molar-refractivity contribution in [2.75, 3.05) is 0 Å². The number of hydrogen-bond acceptors (Lipinski definition) is 5. The molecule has 0 saturated heterocycles. The normalized spacial score (nSPS) is 10.6. The maximum Gasteiger partial charge on any atom is 0.124 e. The molecule has 0 bridgehead atoms. The summed E-state index contributed by atoms with van der Waals surface area (Å²) in [5.74, 6) is 0.261. The molecule has 3 aromatic rings. The SMILES string of the molecule is Oc1cccc(-c2nc(-c3cncs3)cs2)c1. The molecule has 0 spiro atoms. The second-order valence-corrected chi connectivity index (χ2v) is 5.20. The Bertz CT molecular complexity index is 632. The second kappa shape index (κ2) is 4.27. The second-order valence-electron chi connectivity index (χ2n) is 3.45. The molecule has 0 radical (unpaired) electrons. The molecule has 2 aromatic heterocycles. The molecule has 0 amide bonds. The quantitative estimate of drug-likeness (QED) is 0.765. The number of rotatable bonds is 2. The number of phenols is 1. The fraction of sp³-hybridized carbons (Fsp3) is 0. The first-order chi connectivity index (χ1) is 8.33. The van der Waals surface area contributed by atoms with Gasteiger partial charge in [0.2, 0.25) is 0 Å². The molecule has 0 aliphatic heterocycles. The summed E-state index contributed by atoms with van der Waals surface area (Å²) in [5.41, 5.74) is 3.67. The van der Waals surface area contributed by atoms with Crippen LogP contribution in [0.5, 0.6) is 5.75 Å². The Morgan fingerprint density at radius 2 is 2.12 bits per heavy atom. The number of nitrogens with zero attached hydrogens (tertiary/aromatic N) is 2. The lowest BCUT2D eigenvalue weighted by Gasteiger charge is -1.96. The van der Waals surface area contributed by atoms with Crippen LogP contribution < -0.4 is 0 Å². The lowest BCUT2D eigenvalue weighted by Crippen LogP contribution is -1.76. The molecule has 3 rings (SSSR count). The molecule has 84 valence electrons. The number of aromatic nitrogens is 2. The Morgan fingerprint density at radius 1 is 1.18 bits per heavy atom. The van der Waals surface area contributed by atoms with Crippen LogP contribution >= 0.6 is 22.7 Å². The summed E-state index contributed by atoms with van der Waals surface area (Å²) in [6.45, 7) is 0. The van der Waals surface area contributed by atoms with E-state index >= 15 is 0 Å². The van der Waals surface area contributed by atoms with Gasteiger partial charge in [0.05, 0.1) is 16.1 Å². The Kier molecular flexibility index (Phi) is 2.62. The highest BCUT2D eigenvalue weighted by Gasteiger charge is 2.07. The van der Waals surface area contributed by atoms with Crippen molar-refractivity contribution < 1.29 is 5.11 Å². The predicted octanol–water partition coefficient (Wildman–Crippen LogP) is 3.64. The predicted molar refractivity (Wildman–Crippen MR) is 70.3 cm³/mol. The van der Waals surface area contributed by atoms with Crippen LogP contribution in [-0.4, -0.2) is 15.1 Å². The van der Waals surface area contributed by atoms with E-state index in [-0.39, 0.29) is 5.75 Å². The summed E-state index contributed by atoms with van der Waals surface area (Å²) in [5, 5.41) is 12.3. The highest BCUT2D eigenvalue weighted by Crippen LogP contribution is 2.31. The van der Waals surface area contributed by atoms with Crippen LogP contribution in [0.2, 0.25) is 0 Å². The van der Waals surface area contributed by atoms with Gasteiger partial charge in [-0.1, -0.05) is 12.1 Å². The van der Waals surface area contributed by atoms with Crippen LogP contribution in [0.15, 0.2) is 41.4 Å². The summed E-state index contributed by atoms with van der Waals surface area (Å²) < 4.78 is 0. The van der Waals surface area contributed by atoms with Crippen LogP contribution in [-0.2, 0) is 0 Å². The van der Waals surface area contributed by atoms with E-state index in [4.69, 9.17) is 0 Å². The number of aromatic hydroxyl groups is 1. The molecule has 1 aromatic carbocycles. The fourth-order valence-electron chi connectivity index (χ4n) is 1.50. The Labute approximate surface area is 106 Å². The molecule has 3 nitrogen and oxygen atoms in total. The number of benzene rings is 1. The van der Waals surface area contributed by atoms with Crippen LogP contribution in [0.1, 0.15) is 0 Å². The largest absolute Gasteiger partial charge is 0.508 e. The smallest absolute Gasteiger partial charge is 0.124 e. The van der Waals surface area contributed by atoms with Crippen molar-refractivity contribution >= 4 is 22.7 Å². The van der Waals surface area contributed by atoms with Crippen LogP contribution in [0.3, 0.4) is 0 Å². The van der Waals surface area contributed by atoms with E-state index in [1.807, 2.05) is 23.7 Å². The average molecular weight is 260 g/mol. The number of thiazole rings is 2. The minimum Gasteiger partial charge on any atom is -0.508 e. The molecule has 0 aliphatic rings. The minimum absolute atomic E-state index is 0.261. The van der Waals surface area contributed by atoms with Gasteiger partial charge in [-0.25, -0.2) is 4.98 Å². The van der Waals surface area contributed by atoms with Crippen molar-refractivity contribution in [3.8, 4) is 26.9 Å². The third-order valence-corrected chi connectivity index (χ3v) is 3.97. The van der Waals surface area contributed by atoms with E-state index < -0.39 is 0 Å². The third-order valence-electron chi connectivity index (χ3n) is 2.28. The zero-order valence-electron chi connectivity index (χ0n) is 8.70. The van der Waals surface area contributed by atoms with Gasteiger partial charge < -0.3 is 5.11 Å². The van der Waals surface area contributed by atoms with E-state index in [0.29, 0.717) is 0 Å². The maximum absolute atomic E-state index is 9.43. The van der Waals surface area contributed by atoms with E-state index in [2.05, 4.69) is 9.97 Å². The van der Waals surface area contributed by atoms with E-state index in [9.17, 15) is 5.11 Å². The first-order valence-corrected chi connectivity index (χ1v) is 6.72. The molecular formula is C12H8N2OS2. The molecule has 2 heterocycles. The summed E-state index contributed by atoms with van der Waals surface area (Å²) in [7, 11) is 0. The molecule has 17 heavy (non-hydrogen) atoms.